The van der Waals surface area contributed by atoms with Crippen molar-refractivity contribution in [2.75, 3.05) is 12.4 Å². The van der Waals surface area contributed by atoms with Crippen LogP contribution in [0.1, 0.15) is 0 Å². The van der Waals surface area contributed by atoms with Crippen LogP contribution in [0.15, 0.2) is 39.1 Å². The van der Waals surface area contributed by atoms with Gasteiger partial charge in [0, 0.05) is 12.4 Å². The summed E-state index contributed by atoms with van der Waals surface area (Å²) >= 11 is 3.01. The van der Waals surface area contributed by atoms with Crippen LogP contribution < -0.4 is 5.32 Å². The first kappa shape index (κ1) is 11.4. The summed E-state index contributed by atoms with van der Waals surface area (Å²) in [4.78, 5) is 8.89. The Kier molecular flexibility index (Phi) is 3.07. The van der Waals surface area contributed by atoms with E-state index in [1.807, 2.05) is 31.3 Å². The van der Waals surface area contributed by atoms with Crippen molar-refractivity contribution in [2.24, 2.45) is 0 Å². The lowest BCUT2D eigenvalue weighted by molar-refractivity contribution is 1.01. The van der Waals surface area contributed by atoms with Gasteiger partial charge in [0.25, 0.3) is 0 Å². The monoisotopic (exact) mass is 275 g/mol. The number of para-hydroxylation sites is 1. The van der Waals surface area contributed by atoms with Crippen molar-refractivity contribution < 1.29 is 0 Å². The average molecular weight is 275 g/mol. The van der Waals surface area contributed by atoms with Crippen LogP contribution in [0.3, 0.4) is 0 Å². The number of rotatable bonds is 3. The number of anilines is 1. The van der Waals surface area contributed by atoms with E-state index < -0.39 is 0 Å². The molecule has 3 aromatic rings. The molecule has 5 nitrogen and oxygen atoms in total. The van der Waals surface area contributed by atoms with Crippen LogP contribution in [0, 0.1) is 0 Å². The van der Waals surface area contributed by atoms with Gasteiger partial charge in [-0.05, 0) is 17.8 Å². The molecule has 18 heavy (non-hydrogen) atoms. The molecular weight excluding hydrogens is 266 g/mol. The summed E-state index contributed by atoms with van der Waals surface area (Å²) in [7, 11) is 1.81. The molecule has 90 valence electrons. The molecule has 0 aliphatic heterocycles. The predicted octanol–water partition coefficient (Wildman–Crippen LogP) is 2.67. The van der Waals surface area contributed by atoms with E-state index in [1.54, 1.807) is 5.51 Å². The largest absolute Gasteiger partial charge is 0.357 e. The highest BCUT2D eigenvalue weighted by atomic mass is 32.2. The van der Waals surface area contributed by atoms with Gasteiger partial charge in [0.2, 0.25) is 5.95 Å². The molecule has 0 unspecified atom stereocenters. The molecule has 0 amide bonds. The van der Waals surface area contributed by atoms with E-state index in [4.69, 9.17) is 0 Å². The topological polar surface area (TPSA) is 63.6 Å². The Bertz CT molecular complexity index is 668. The molecule has 0 atom stereocenters. The van der Waals surface area contributed by atoms with Crippen LogP contribution in [-0.4, -0.2) is 27.2 Å². The summed E-state index contributed by atoms with van der Waals surface area (Å²) in [6.45, 7) is 0. The van der Waals surface area contributed by atoms with Crippen LogP contribution in [0.5, 0.6) is 0 Å². The minimum atomic E-state index is 0.612. The third kappa shape index (κ3) is 2.14. The molecule has 0 aliphatic carbocycles. The van der Waals surface area contributed by atoms with Gasteiger partial charge in [0.05, 0.1) is 5.52 Å². The van der Waals surface area contributed by atoms with E-state index in [9.17, 15) is 0 Å². The molecule has 1 aromatic carbocycles. The Morgan fingerprint density at radius 1 is 1.22 bits per heavy atom. The average Bonchev–Trinajstić information content (AvgIpc) is 2.91. The lowest BCUT2D eigenvalue weighted by atomic mass is 10.2. The van der Waals surface area contributed by atoms with Gasteiger partial charge >= 0.3 is 0 Å². The lowest BCUT2D eigenvalue weighted by Gasteiger charge is -2.05. The molecule has 0 saturated heterocycles. The summed E-state index contributed by atoms with van der Waals surface area (Å²) in [5, 5.41) is 12.7. The van der Waals surface area contributed by atoms with Crippen molar-refractivity contribution in [1.29, 1.82) is 0 Å². The molecule has 1 N–H and O–H groups in total. The van der Waals surface area contributed by atoms with Crippen molar-refractivity contribution in [2.45, 2.75) is 9.37 Å². The molecule has 2 aromatic heterocycles. The Hall–Kier alpha value is -1.73. The van der Waals surface area contributed by atoms with Crippen molar-refractivity contribution in [3.05, 3.63) is 29.8 Å². The molecular formula is C11H9N5S2. The van der Waals surface area contributed by atoms with Crippen molar-refractivity contribution in [3.8, 4) is 0 Å². The third-order valence-electron chi connectivity index (χ3n) is 2.32. The normalized spacial score (nSPS) is 10.7. The maximum atomic E-state index is 4.47. The van der Waals surface area contributed by atoms with Gasteiger partial charge in [-0.2, -0.15) is 0 Å². The Morgan fingerprint density at radius 3 is 2.89 bits per heavy atom. The van der Waals surface area contributed by atoms with E-state index in [2.05, 4.69) is 25.5 Å². The highest BCUT2D eigenvalue weighted by Gasteiger charge is 2.09. The zero-order valence-electron chi connectivity index (χ0n) is 9.49. The van der Waals surface area contributed by atoms with Gasteiger partial charge < -0.3 is 5.32 Å². The molecule has 0 aliphatic rings. The SMILES string of the molecule is CNc1nc(Sc2nncs2)c2ccccc2n1. The minimum Gasteiger partial charge on any atom is -0.357 e. The van der Waals surface area contributed by atoms with Crippen LogP contribution in [0.4, 0.5) is 5.95 Å². The molecule has 2 heterocycles. The maximum Gasteiger partial charge on any atom is 0.224 e. The summed E-state index contributed by atoms with van der Waals surface area (Å²) in [6.07, 6.45) is 0. The molecule has 0 fully saturated rings. The van der Waals surface area contributed by atoms with E-state index in [-0.39, 0.29) is 0 Å². The van der Waals surface area contributed by atoms with Crippen molar-refractivity contribution in [3.63, 3.8) is 0 Å². The fourth-order valence-corrected chi connectivity index (χ4v) is 3.03. The van der Waals surface area contributed by atoms with Gasteiger partial charge in [0.1, 0.15) is 10.5 Å². The van der Waals surface area contributed by atoms with E-state index in [1.165, 1.54) is 23.1 Å². The van der Waals surface area contributed by atoms with Gasteiger partial charge in [-0.25, -0.2) is 9.97 Å². The summed E-state index contributed by atoms with van der Waals surface area (Å²) in [6, 6.07) is 7.93. The van der Waals surface area contributed by atoms with Crippen LogP contribution in [0.25, 0.3) is 10.9 Å². The summed E-state index contributed by atoms with van der Waals surface area (Å²) < 4.78 is 0.876. The number of benzene rings is 1. The van der Waals surface area contributed by atoms with Crippen molar-refractivity contribution >= 4 is 39.9 Å². The van der Waals surface area contributed by atoms with Gasteiger partial charge in [-0.15, -0.1) is 10.2 Å². The first-order valence-electron chi connectivity index (χ1n) is 5.25. The zero-order chi connectivity index (χ0) is 12.4. The Balaban J connectivity index is 2.13. The third-order valence-corrected chi connectivity index (χ3v) is 4.10. The zero-order valence-corrected chi connectivity index (χ0v) is 11.1. The number of fused-ring (bicyclic) bond motifs is 1. The highest BCUT2D eigenvalue weighted by molar-refractivity contribution is 8.01. The number of nitrogens with one attached hydrogen (secondary N) is 1. The molecule has 3 rings (SSSR count). The number of aromatic nitrogens is 4. The van der Waals surface area contributed by atoms with E-state index >= 15 is 0 Å². The fourth-order valence-electron chi connectivity index (χ4n) is 1.53. The fraction of sp³-hybridized carbons (Fsp3) is 0.0909. The quantitative estimate of drug-likeness (QED) is 0.741. The van der Waals surface area contributed by atoms with Crippen molar-refractivity contribution in [1.82, 2.24) is 20.2 Å². The molecule has 0 bridgehead atoms. The second-order valence-corrected chi connectivity index (χ2v) is 5.50. The van der Waals surface area contributed by atoms with Gasteiger partial charge in [-0.1, -0.05) is 29.5 Å². The van der Waals surface area contributed by atoms with Crippen LogP contribution in [-0.2, 0) is 0 Å². The standard InChI is InChI=1S/C11H9N5S2/c1-12-10-14-8-5-3-2-4-7(8)9(15-10)18-11-16-13-6-17-11/h2-6H,1H3,(H,12,14,15). The molecule has 0 saturated carbocycles. The van der Waals surface area contributed by atoms with E-state index in [0.717, 1.165) is 20.3 Å². The van der Waals surface area contributed by atoms with Crippen LogP contribution >= 0.6 is 23.1 Å². The van der Waals surface area contributed by atoms with Gasteiger partial charge in [0.15, 0.2) is 4.34 Å². The second-order valence-electron chi connectivity index (χ2n) is 3.43. The second kappa shape index (κ2) is 4.87. The predicted molar refractivity (Wildman–Crippen MR) is 73.1 cm³/mol. The molecule has 0 spiro atoms. The minimum absolute atomic E-state index is 0.612. The molecule has 7 heteroatoms. The number of hydrogen-bond donors (Lipinski definition) is 1. The smallest absolute Gasteiger partial charge is 0.224 e. The lowest BCUT2D eigenvalue weighted by Crippen LogP contribution is -1.98. The first-order valence-corrected chi connectivity index (χ1v) is 6.95. The summed E-state index contributed by atoms with van der Waals surface area (Å²) in [5.41, 5.74) is 2.63. The number of hydrogen-bond acceptors (Lipinski definition) is 7. The van der Waals surface area contributed by atoms with Gasteiger partial charge in [-0.3, -0.25) is 0 Å². The Labute approximate surface area is 112 Å². The van der Waals surface area contributed by atoms with E-state index in [0.29, 0.717) is 5.95 Å². The Morgan fingerprint density at radius 2 is 2.11 bits per heavy atom. The van der Waals surface area contributed by atoms with Crippen LogP contribution in [0.2, 0.25) is 0 Å². The maximum absolute atomic E-state index is 4.47. The molecule has 0 radical (unpaired) electrons. The number of nitrogens with zero attached hydrogens (tertiary/aromatic N) is 4. The highest BCUT2D eigenvalue weighted by Crippen LogP contribution is 2.32. The first-order chi connectivity index (χ1) is 8.86. The summed E-state index contributed by atoms with van der Waals surface area (Å²) in [5.74, 6) is 0.612.